The van der Waals surface area contributed by atoms with E-state index in [1.807, 2.05) is 30.5 Å². The standard InChI is InChI=1S/C11H22N2OS/c1-7(8(2)12)11(14)13-5-6-15-10(4)9(13)3/h7-10H,5-6,12H2,1-4H3. The van der Waals surface area contributed by atoms with E-state index < -0.39 is 0 Å². The number of hydrogen-bond donors (Lipinski definition) is 1. The first-order valence-electron chi connectivity index (χ1n) is 5.62. The van der Waals surface area contributed by atoms with Gasteiger partial charge in [-0.3, -0.25) is 4.79 Å². The largest absolute Gasteiger partial charge is 0.338 e. The maximum Gasteiger partial charge on any atom is 0.227 e. The topological polar surface area (TPSA) is 46.3 Å². The van der Waals surface area contributed by atoms with Crippen LogP contribution in [-0.4, -0.2) is 40.4 Å². The predicted octanol–water partition coefficient (Wildman–Crippen LogP) is 1.32. The molecule has 1 rings (SSSR count). The van der Waals surface area contributed by atoms with Gasteiger partial charge in [0.15, 0.2) is 0 Å². The fourth-order valence-corrected chi connectivity index (χ4v) is 2.83. The highest BCUT2D eigenvalue weighted by molar-refractivity contribution is 8.00. The molecule has 0 aromatic heterocycles. The number of nitrogens with two attached hydrogens (primary N) is 1. The lowest BCUT2D eigenvalue weighted by Gasteiger charge is -2.39. The molecule has 0 radical (unpaired) electrons. The molecule has 4 unspecified atom stereocenters. The number of rotatable bonds is 2. The number of amides is 1. The number of carbonyl (C=O) groups is 1. The summed E-state index contributed by atoms with van der Waals surface area (Å²) in [6.45, 7) is 9.00. The van der Waals surface area contributed by atoms with Crippen molar-refractivity contribution in [3.8, 4) is 0 Å². The van der Waals surface area contributed by atoms with Gasteiger partial charge in [-0.15, -0.1) is 0 Å². The Balaban J connectivity index is 2.66. The summed E-state index contributed by atoms with van der Waals surface area (Å²) in [6.07, 6.45) is 0. The molecular formula is C11H22N2OS. The van der Waals surface area contributed by atoms with Gasteiger partial charge in [-0.2, -0.15) is 11.8 Å². The summed E-state index contributed by atoms with van der Waals surface area (Å²) in [4.78, 5) is 14.1. The molecular weight excluding hydrogens is 208 g/mol. The van der Waals surface area contributed by atoms with Gasteiger partial charge in [-0.05, 0) is 13.8 Å². The van der Waals surface area contributed by atoms with Crippen molar-refractivity contribution in [1.82, 2.24) is 4.90 Å². The molecule has 1 aliphatic heterocycles. The average molecular weight is 230 g/mol. The first-order valence-corrected chi connectivity index (χ1v) is 6.67. The van der Waals surface area contributed by atoms with Crippen LogP contribution in [0.15, 0.2) is 0 Å². The smallest absolute Gasteiger partial charge is 0.227 e. The van der Waals surface area contributed by atoms with Crippen LogP contribution in [0, 0.1) is 5.92 Å². The Labute approximate surface area is 96.8 Å². The molecule has 15 heavy (non-hydrogen) atoms. The van der Waals surface area contributed by atoms with Crippen LogP contribution in [0.1, 0.15) is 27.7 Å². The zero-order valence-electron chi connectivity index (χ0n) is 10.1. The minimum atomic E-state index is -0.0669. The van der Waals surface area contributed by atoms with Gasteiger partial charge in [-0.1, -0.05) is 13.8 Å². The number of thioether (sulfide) groups is 1. The van der Waals surface area contributed by atoms with Crippen LogP contribution in [0.3, 0.4) is 0 Å². The van der Waals surface area contributed by atoms with Crippen molar-refractivity contribution in [1.29, 1.82) is 0 Å². The van der Waals surface area contributed by atoms with E-state index in [1.165, 1.54) is 0 Å². The van der Waals surface area contributed by atoms with Gasteiger partial charge in [0.05, 0.1) is 5.92 Å². The molecule has 1 heterocycles. The Kier molecular flexibility index (Phi) is 4.46. The minimum Gasteiger partial charge on any atom is -0.338 e. The summed E-state index contributed by atoms with van der Waals surface area (Å²) < 4.78 is 0. The highest BCUT2D eigenvalue weighted by Crippen LogP contribution is 2.25. The van der Waals surface area contributed by atoms with Gasteiger partial charge < -0.3 is 10.6 Å². The summed E-state index contributed by atoms with van der Waals surface area (Å²) in [5.41, 5.74) is 5.77. The third-order valence-electron chi connectivity index (χ3n) is 3.35. The fraction of sp³-hybridized carbons (Fsp3) is 0.909. The van der Waals surface area contributed by atoms with Crippen molar-refractivity contribution in [3.63, 3.8) is 0 Å². The minimum absolute atomic E-state index is 0.0606. The van der Waals surface area contributed by atoms with Gasteiger partial charge >= 0.3 is 0 Å². The molecule has 1 saturated heterocycles. The van der Waals surface area contributed by atoms with E-state index in [1.54, 1.807) is 0 Å². The monoisotopic (exact) mass is 230 g/mol. The Bertz CT molecular complexity index is 233. The van der Waals surface area contributed by atoms with E-state index in [4.69, 9.17) is 5.73 Å². The van der Waals surface area contributed by atoms with Crippen LogP contribution >= 0.6 is 11.8 Å². The summed E-state index contributed by atoms with van der Waals surface area (Å²) in [5, 5.41) is 0.531. The maximum absolute atomic E-state index is 12.1. The average Bonchev–Trinajstić information content (AvgIpc) is 2.20. The zero-order chi connectivity index (χ0) is 11.6. The Morgan fingerprint density at radius 3 is 2.60 bits per heavy atom. The third kappa shape index (κ3) is 2.88. The van der Waals surface area contributed by atoms with Gasteiger partial charge in [0.1, 0.15) is 0 Å². The van der Waals surface area contributed by atoms with E-state index in [2.05, 4.69) is 13.8 Å². The second kappa shape index (κ2) is 5.21. The van der Waals surface area contributed by atoms with Crippen LogP contribution < -0.4 is 5.73 Å². The lowest BCUT2D eigenvalue weighted by atomic mass is 10.0. The van der Waals surface area contributed by atoms with Crippen molar-refractivity contribution in [2.24, 2.45) is 11.7 Å². The summed E-state index contributed by atoms with van der Waals surface area (Å²) in [6, 6.07) is 0.270. The van der Waals surface area contributed by atoms with Crippen molar-refractivity contribution in [2.75, 3.05) is 12.3 Å². The van der Waals surface area contributed by atoms with Crippen LogP contribution in [0.25, 0.3) is 0 Å². The summed E-state index contributed by atoms with van der Waals surface area (Å²) in [5.74, 6) is 1.19. The van der Waals surface area contributed by atoms with E-state index in [0.717, 1.165) is 12.3 Å². The molecule has 1 fully saturated rings. The van der Waals surface area contributed by atoms with E-state index >= 15 is 0 Å². The number of carbonyl (C=O) groups excluding carboxylic acids is 1. The third-order valence-corrected chi connectivity index (χ3v) is 4.68. The van der Waals surface area contributed by atoms with Crippen LogP contribution in [0.5, 0.6) is 0 Å². The lowest BCUT2D eigenvalue weighted by molar-refractivity contribution is -0.137. The number of hydrogen-bond acceptors (Lipinski definition) is 3. The molecule has 0 aliphatic carbocycles. The predicted molar refractivity (Wildman–Crippen MR) is 65.9 cm³/mol. The first kappa shape index (κ1) is 12.8. The molecule has 88 valence electrons. The lowest BCUT2D eigenvalue weighted by Crippen LogP contribution is -2.51. The Morgan fingerprint density at radius 1 is 1.47 bits per heavy atom. The van der Waals surface area contributed by atoms with Crippen molar-refractivity contribution < 1.29 is 4.79 Å². The normalized spacial score (nSPS) is 31.1. The van der Waals surface area contributed by atoms with E-state index in [9.17, 15) is 4.79 Å². The highest BCUT2D eigenvalue weighted by atomic mass is 32.2. The van der Waals surface area contributed by atoms with Gasteiger partial charge in [0.25, 0.3) is 0 Å². The Hall–Kier alpha value is -0.220. The van der Waals surface area contributed by atoms with Crippen molar-refractivity contribution >= 4 is 17.7 Å². The maximum atomic E-state index is 12.1. The van der Waals surface area contributed by atoms with Crippen molar-refractivity contribution in [2.45, 2.75) is 45.0 Å². The van der Waals surface area contributed by atoms with Crippen LogP contribution in [-0.2, 0) is 4.79 Å². The Morgan fingerprint density at radius 2 is 2.07 bits per heavy atom. The van der Waals surface area contributed by atoms with Crippen LogP contribution in [0.2, 0.25) is 0 Å². The zero-order valence-corrected chi connectivity index (χ0v) is 10.9. The molecule has 3 nitrogen and oxygen atoms in total. The molecule has 1 aliphatic rings. The second-order valence-corrected chi connectivity index (χ2v) is 5.98. The van der Waals surface area contributed by atoms with Crippen molar-refractivity contribution in [3.05, 3.63) is 0 Å². The fourth-order valence-electron chi connectivity index (χ4n) is 1.73. The SMILES string of the molecule is CC(N)C(C)C(=O)N1CCSC(C)C1C. The molecule has 0 saturated carbocycles. The molecule has 0 aromatic carbocycles. The van der Waals surface area contributed by atoms with E-state index in [-0.39, 0.29) is 17.9 Å². The van der Waals surface area contributed by atoms with E-state index in [0.29, 0.717) is 11.3 Å². The molecule has 2 N–H and O–H groups in total. The number of nitrogens with zero attached hydrogens (tertiary/aromatic N) is 1. The van der Waals surface area contributed by atoms with Gasteiger partial charge in [0.2, 0.25) is 5.91 Å². The quantitative estimate of drug-likeness (QED) is 0.778. The molecule has 0 bridgehead atoms. The highest BCUT2D eigenvalue weighted by Gasteiger charge is 2.32. The first-order chi connectivity index (χ1) is 6.95. The van der Waals surface area contributed by atoms with Gasteiger partial charge in [0, 0.05) is 29.6 Å². The summed E-state index contributed by atoms with van der Waals surface area (Å²) >= 11 is 1.94. The molecule has 0 aromatic rings. The second-order valence-electron chi connectivity index (χ2n) is 4.50. The molecule has 4 heteroatoms. The molecule has 4 atom stereocenters. The summed E-state index contributed by atoms with van der Waals surface area (Å²) in [7, 11) is 0. The van der Waals surface area contributed by atoms with Gasteiger partial charge in [-0.25, -0.2) is 0 Å². The van der Waals surface area contributed by atoms with Crippen LogP contribution in [0.4, 0.5) is 0 Å². The molecule has 1 amide bonds. The molecule has 0 spiro atoms.